The van der Waals surface area contributed by atoms with Gasteiger partial charge in [0, 0.05) is 5.41 Å². The number of nitrogens with one attached hydrogen (secondary N) is 1. The lowest BCUT2D eigenvalue weighted by Crippen LogP contribution is -2.14. The molecule has 0 saturated heterocycles. The van der Waals surface area contributed by atoms with Crippen molar-refractivity contribution in [2.45, 2.75) is 26.2 Å². The molecule has 0 amide bonds. The van der Waals surface area contributed by atoms with Crippen LogP contribution in [0, 0.1) is 11.3 Å². The molecule has 64 valence electrons. The van der Waals surface area contributed by atoms with Crippen molar-refractivity contribution in [1.29, 1.82) is 5.26 Å². The maximum absolute atomic E-state index is 10.9. The molecule has 4 heteroatoms. The molecule has 0 radical (unpaired) electrons. The number of nitrogens with zero attached hydrogens (tertiary/aromatic N) is 1. The predicted molar refractivity (Wildman–Crippen MR) is 42.7 cm³/mol. The van der Waals surface area contributed by atoms with Crippen LogP contribution < -0.4 is 5.56 Å². The molecule has 0 aliphatic heterocycles. The van der Waals surface area contributed by atoms with Crippen molar-refractivity contribution in [3.8, 4) is 6.07 Å². The van der Waals surface area contributed by atoms with Crippen molar-refractivity contribution in [3.05, 3.63) is 21.7 Å². The Balaban J connectivity index is 3.38. The molecule has 0 bridgehead atoms. The van der Waals surface area contributed by atoms with Gasteiger partial charge in [-0.05, 0) is 0 Å². The monoisotopic (exact) mass is 166 g/mol. The van der Waals surface area contributed by atoms with Gasteiger partial charge in [0.25, 0.3) is 5.56 Å². The number of nitriles is 1. The van der Waals surface area contributed by atoms with E-state index in [4.69, 9.17) is 9.78 Å². The third kappa shape index (κ3) is 1.26. The maximum atomic E-state index is 10.9. The Bertz CT molecular complexity index is 373. The van der Waals surface area contributed by atoms with Crippen LogP contribution in [0.3, 0.4) is 0 Å². The summed E-state index contributed by atoms with van der Waals surface area (Å²) in [6.07, 6.45) is 0. The van der Waals surface area contributed by atoms with E-state index in [0.717, 1.165) is 0 Å². The molecule has 1 aromatic rings. The van der Waals surface area contributed by atoms with Crippen LogP contribution in [0.2, 0.25) is 0 Å². The zero-order valence-electron chi connectivity index (χ0n) is 7.26. The second kappa shape index (κ2) is 2.52. The number of hydrogen-bond donors (Lipinski definition) is 1. The molecule has 0 aromatic carbocycles. The number of hydrogen-bond acceptors (Lipinski definition) is 3. The van der Waals surface area contributed by atoms with Crippen LogP contribution in [-0.2, 0) is 5.41 Å². The fourth-order valence-electron chi connectivity index (χ4n) is 0.932. The van der Waals surface area contributed by atoms with Crippen LogP contribution in [0.25, 0.3) is 0 Å². The Morgan fingerprint density at radius 3 is 2.42 bits per heavy atom. The molecule has 1 N–H and O–H groups in total. The third-order valence-corrected chi connectivity index (χ3v) is 1.49. The van der Waals surface area contributed by atoms with Crippen LogP contribution >= 0.6 is 0 Å². The first-order chi connectivity index (χ1) is 5.46. The summed E-state index contributed by atoms with van der Waals surface area (Å²) in [7, 11) is 0. The average molecular weight is 166 g/mol. The zero-order valence-corrected chi connectivity index (χ0v) is 7.26. The molecule has 12 heavy (non-hydrogen) atoms. The van der Waals surface area contributed by atoms with Crippen molar-refractivity contribution >= 4 is 0 Å². The minimum absolute atomic E-state index is 0.0718. The lowest BCUT2D eigenvalue weighted by atomic mass is 9.91. The second-order valence-corrected chi connectivity index (χ2v) is 3.60. The SMILES string of the molecule is CC(C)(C)c1o[nH]c(=O)c1C#N. The molecule has 1 aromatic heterocycles. The highest BCUT2D eigenvalue weighted by molar-refractivity contribution is 5.32. The Labute approximate surface area is 69.8 Å². The van der Waals surface area contributed by atoms with Crippen molar-refractivity contribution < 1.29 is 4.52 Å². The predicted octanol–water partition coefficient (Wildman–Crippen LogP) is 1.14. The van der Waals surface area contributed by atoms with Gasteiger partial charge < -0.3 is 4.52 Å². The summed E-state index contributed by atoms with van der Waals surface area (Å²) < 4.78 is 4.89. The lowest BCUT2D eigenvalue weighted by molar-refractivity contribution is 0.326. The van der Waals surface area contributed by atoms with E-state index in [1.54, 1.807) is 0 Å². The van der Waals surface area contributed by atoms with Crippen molar-refractivity contribution in [3.63, 3.8) is 0 Å². The lowest BCUT2D eigenvalue weighted by Gasteiger charge is -2.13. The van der Waals surface area contributed by atoms with Crippen LogP contribution in [-0.4, -0.2) is 5.16 Å². The van der Waals surface area contributed by atoms with Crippen molar-refractivity contribution in [2.24, 2.45) is 0 Å². The van der Waals surface area contributed by atoms with E-state index in [-0.39, 0.29) is 11.0 Å². The van der Waals surface area contributed by atoms with Gasteiger partial charge >= 0.3 is 0 Å². The molecule has 0 fully saturated rings. The fraction of sp³-hybridized carbons (Fsp3) is 0.500. The number of H-pyrrole nitrogens is 1. The van der Waals surface area contributed by atoms with Gasteiger partial charge in [0.05, 0.1) is 0 Å². The van der Waals surface area contributed by atoms with E-state index in [1.165, 1.54) is 0 Å². The first-order valence-electron chi connectivity index (χ1n) is 3.59. The summed E-state index contributed by atoms with van der Waals surface area (Å²) in [6, 6.07) is 1.81. The van der Waals surface area contributed by atoms with Gasteiger partial charge in [-0.3, -0.25) is 4.79 Å². The van der Waals surface area contributed by atoms with E-state index in [1.807, 2.05) is 26.8 Å². The molecular weight excluding hydrogens is 156 g/mol. The van der Waals surface area contributed by atoms with Gasteiger partial charge in [0.1, 0.15) is 6.07 Å². The third-order valence-electron chi connectivity index (χ3n) is 1.49. The molecule has 0 aliphatic carbocycles. The van der Waals surface area contributed by atoms with Crippen molar-refractivity contribution in [1.82, 2.24) is 5.16 Å². The Hall–Kier alpha value is -1.50. The first-order valence-corrected chi connectivity index (χ1v) is 3.59. The summed E-state index contributed by atoms with van der Waals surface area (Å²) in [5, 5.41) is 10.8. The molecule has 0 aliphatic rings. The van der Waals surface area contributed by atoms with Crippen LogP contribution in [0.5, 0.6) is 0 Å². The fourth-order valence-corrected chi connectivity index (χ4v) is 0.932. The Kier molecular flexibility index (Phi) is 1.81. The zero-order chi connectivity index (χ0) is 9.35. The smallest absolute Gasteiger partial charge is 0.298 e. The molecule has 0 spiro atoms. The highest BCUT2D eigenvalue weighted by atomic mass is 16.5. The highest BCUT2D eigenvalue weighted by Crippen LogP contribution is 2.22. The topological polar surface area (TPSA) is 69.8 Å². The standard InChI is InChI=1S/C8H10N2O2/c1-8(2,3)6-5(4-9)7(11)10-12-6/h1-3H3,(H,10,11). The van der Waals surface area contributed by atoms with Crippen molar-refractivity contribution in [2.75, 3.05) is 0 Å². The largest absolute Gasteiger partial charge is 0.382 e. The van der Waals surface area contributed by atoms with E-state index in [9.17, 15) is 4.79 Å². The summed E-state index contributed by atoms with van der Waals surface area (Å²) in [4.78, 5) is 10.9. The molecule has 0 unspecified atom stereocenters. The minimum atomic E-state index is -0.456. The number of aromatic nitrogens is 1. The van der Waals surface area contributed by atoms with Crippen LogP contribution in [0.4, 0.5) is 0 Å². The normalized spacial score (nSPS) is 11.2. The van der Waals surface area contributed by atoms with Crippen LogP contribution in [0.15, 0.2) is 9.32 Å². The summed E-state index contributed by atoms with van der Waals surface area (Å²) in [6.45, 7) is 5.62. The first kappa shape index (κ1) is 8.60. The molecule has 4 nitrogen and oxygen atoms in total. The summed E-state index contributed by atoms with van der Waals surface area (Å²) in [5.41, 5.74) is -0.700. The van der Waals surface area contributed by atoms with Gasteiger partial charge in [0.15, 0.2) is 11.3 Å². The van der Waals surface area contributed by atoms with E-state index >= 15 is 0 Å². The van der Waals surface area contributed by atoms with Gasteiger partial charge in [-0.25, -0.2) is 0 Å². The molecule has 1 rings (SSSR count). The molecule has 0 saturated carbocycles. The Morgan fingerprint density at radius 2 is 2.08 bits per heavy atom. The van der Waals surface area contributed by atoms with E-state index in [0.29, 0.717) is 5.76 Å². The minimum Gasteiger partial charge on any atom is -0.382 e. The Morgan fingerprint density at radius 1 is 1.50 bits per heavy atom. The van der Waals surface area contributed by atoms with Gasteiger partial charge in [-0.1, -0.05) is 20.8 Å². The summed E-state index contributed by atoms with van der Waals surface area (Å²) >= 11 is 0. The molecule has 0 atom stereocenters. The van der Waals surface area contributed by atoms with Gasteiger partial charge in [-0.2, -0.15) is 10.4 Å². The van der Waals surface area contributed by atoms with Crippen LogP contribution in [0.1, 0.15) is 32.1 Å². The van der Waals surface area contributed by atoms with E-state index < -0.39 is 5.56 Å². The number of aromatic amines is 1. The molecule has 1 heterocycles. The van der Waals surface area contributed by atoms with Gasteiger partial charge in [-0.15, -0.1) is 0 Å². The maximum Gasteiger partial charge on any atom is 0.298 e. The highest BCUT2D eigenvalue weighted by Gasteiger charge is 2.24. The van der Waals surface area contributed by atoms with E-state index in [2.05, 4.69) is 5.16 Å². The quantitative estimate of drug-likeness (QED) is 0.628. The van der Waals surface area contributed by atoms with Gasteiger partial charge in [0.2, 0.25) is 0 Å². The number of rotatable bonds is 0. The average Bonchev–Trinajstić information content (AvgIpc) is 2.29. The molecular formula is C8H10N2O2. The second-order valence-electron chi connectivity index (χ2n) is 3.60. The summed E-state index contributed by atoms with van der Waals surface area (Å²) in [5.74, 6) is 0.412.